The molecule has 2 aromatic carbocycles. The van der Waals surface area contributed by atoms with Crippen LogP contribution in [-0.2, 0) is 12.8 Å². The molecule has 0 aliphatic carbocycles. The van der Waals surface area contributed by atoms with Crippen molar-refractivity contribution in [1.82, 2.24) is 14.8 Å². The van der Waals surface area contributed by atoms with Gasteiger partial charge in [-0.3, -0.25) is 4.79 Å². The zero-order chi connectivity index (χ0) is 18.7. The molecule has 0 N–H and O–H groups in total. The summed E-state index contributed by atoms with van der Waals surface area (Å²) in [5.74, 6) is 1.39. The fraction of sp³-hybridized carbons (Fsp3) is 0.211. The van der Waals surface area contributed by atoms with Crippen LogP contribution >= 0.6 is 11.8 Å². The third-order valence-electron chi connectivity index (χ3n) is 3.99. The number of benzene rings is 2. The summed E-state index contributed by atoms with van der Waals surface area (Å²) in [4.78, 5) is 11.6. The fourth-order valence-electron chi connectivity index (χ4n) is 2.57. The van der Waals surface area contributed by atoms with E-state index >= 15 is 0 Å². The molecule has 0 radical (unpaired) electrons. The van der Waals surface area contributed by atoms with E-state index in [1.807, 2.05) is 6.07 Å². The van der Waals surface area contributed by atoms with E-state index < -0.39 is 0 Å². The zero-order valence-electron chi connectivity index (χ0n) is 14.7. The molecular weight excluding hydrogens is 353 g/mol. The summed E-state index contributed by atoms with van der Waals surface area (Å²) in [5.41, 5.74) is 1.93. The Kier molecular flexibility index (Phi) is 5.37. The monoisotopic (exact) mass is 371 g/mol. The van der Waals surface area contributed by atoms with E-state index in [0.717, 1.165) is 5.56 Å². The maximum absolute atomic E-state index is 14.0. The second kappa shape index (κ2) is 7.70. The molecule has 1 heterocycles. The summed E-state index contributed by atoms with van der Waals surface area (Å²) in [6.07, 6.45) is 0. The van der Waals surface area contributed by atoms with Crippen molar-refractivity contribution in [1.29, 1.82) is 0 Å². The second-order valence-corrected chi connectivity index (χ2v) is 6.66. The van der Waals surface area contributed by atoms with Gasteiger partial charge in [0.25, 0.3) is 0 Å². The van der Waals surface area contributed by atoms with Gasteiger partial charge >= 0.3 is 0 Å². The van der Waals surface area contributed by atoms with E-state index in [1.165, 1.54) is 24.8 Å². The second-order valence-electron chi connectivity index (χ2n) is 5.72. The van der Waals surface area contributed by atoms with Gasteiger partial charge in [-0.2, -0.15) is 0 Å². The van der Waals surface area contributed by atoms with Crippen LogP contribution in [0.25, 0.3) is 11.4 Å². The number of rotatable bonds is 6. The lowest BCUT2D eigenvalue weighted by molar-refractivity contribution is 0.101. The minimum atomic E-state index is -0.338. The Morgan fingerprint density at radius 1 is 1.23 bits per heavy atom. The van der Waals surface area contributed by atoms with Crippen LogP contribution in [-0.4, -0.2) is 27.7 Å². The molecule has 26 heavy (non-hydrogen) atoms. The first kappa shape index (κ1) is 18.1. The number of ketones is 1. The van der Waals surface area contributed by atoms with E-state index in [-0.39, 0.29) is 11.6 Å². The minimum absolute atomic E-state index is 0.000555. The lowest BCUT2D eigenvalue weighted by Gasteiger charge is -2.10. The Bertz CT molecular complexity index is 956. The standard InChI is InChI=1S/C19H18FN3O2S/c1-12(24)13-8-9-17(25-3)14(10-13)11-26-19-22-21-18(23(19)2)15-6-4-5-7-16(15)20/h4-10H,11H2,1-3H3. The third-order valence-corrected chi connectivity index (χ3v) is 5.06. The Labute approximate surface area is 155 Å². The van der Waals surface area contributed by atoms with Gasteiger partial charge in [-0.1, -0.05) is 23.9 Å². The Hall–Kier alpha value is -2.67. The lowest BCUT2D eigenvalue weighted by atomic mass is 10.1. The van der Waals surface area contributed by atoms with E-state index in [2.05, 4.69) is 10.2 Å². The largest absolute Gasteiger partial charge is 0.496 e. The van der Waals surface area contributed by atoms with Crippen LogP contribution in [0, 0.1) is 5.82 Å². The van der Waals surface area contributed by atoms with Gasteiger partial charge in [0.05, 0.1) is 12.7 Å². The SMILES string of the molecule is COc1ccc(C(C)=O)cc1CSc1nnc(-c2ccccc2F)n1C. The highest BCUT2D eigenvalue weighted by Crippen LogP contribution is 2.30. The molecule has 0 unspecified atom stereocenters. The highest BCUT2D eigenvalue weighted by Gasteiger charge is 2.15. The summed E-state index contributed by atoms with van der Waals surface area (Å²) in [5, 5.41) is 8.93. The first-order valence-electron chi connectivity index (χ1n) is 7.96. The normalized spacial score (nSPS) is 10.8. The molecule has 5 nitrogen and oxygen atoms in total. The summed E-state index contributed by atoms with van der Waals surface area (Å²) >= 11 is 1.45. The van der Waals surface area contributed by atoms with Crippen molar-refractivity contribution < 1.29 is 13.9 Å². The third kappa shape index (κ3) is 3.62. The van der Waals surface area contributed by atoms with Crippen LogP contribution in [0.15, 0.2) is 47.6 Å². The molecule has 0 bridgehead atoms. The van der Waals surface area contributed by atoms with Crippen molar-refractivity contribution in [2.24, 2.45) is 7.05 Å². The summed E-state index contributed by atoms with van der Waals surface area (Å²) in [7, 11) is 3.39. The van der Waals surface area contributed by atoms with Crippen molar-refractivity contribution in [2.45, 2.75) is 17.8 Å². The zero-order valence-corrected chi connectivity index (χ0v) is 15.5. The predicted octanol–water partition coefficient (Wildman–Crippen LogP) is 4.12. The molecule has 0 atom stereocenters. The number of nitrogens with zero attached hydrogens (tertiary/aromatic N) is 3. The van der Waals surface area contributed by atoms with E-state index in [0.29, 0.717) is 33.6 Å². The maximum atomic E-state index is 14.0. The molecule has 134 valence electrons. The Balaban J connectivity index is 1.84. The van der Waals surface area contributed by atoms with Crippen molar-refractivity contribution in [3.05, 3.63) is 59.4 Å². The molecule has 3 rings (SSSR count). The van der Waals surface area contributed by atoms with Crippen molar-refractivity contribution in [3.63, 3.8) is 0 Å². The van der Waals surface area contributed by atoms with Gasteiger partial charge in [0.15, 0.2) is 16.8 Å². The molecule has 1 aromatic heterocycles. The number of ether oxygens (including phenoxy) is 1. The molecular formula is C19H18FN3O2S. The summed E-state index contributed by atoms with van der Waals surface area (Å²) in [6.45, 7) is 1.53. The number of hydrogen-bond acceptors (Lipinski definition) is 5. The molecule has 0 saturated heterocycles. The first-order chi connectivity index (χ1) is 12.5. The van der Waals surface area contributed by atoms with Gasteiger partial charge in [0.2, 0.25) is 0 Å². The van der Waals surface area contributed by atoms with E-state index in [1.54, 1.807) is 49.1 Å². The van der Waals surface area contributed by atoms with Crippen LogP contribution in [0.1, 0.15) is 22.8 Å². The number of Topliss-reactive ketones (excluding diaryl/α,β-unsaturated/α-hetero) is 1. The molecule has 0 spiro atoms. The van der Waals surface area contributed by atoms with Crippen LogP contribution in [0.4, 0.5) is 4.39 Å². The highest BCUT2D eigenvalue weighted by molar-refractivity contribution is 7.98. The van der Waals surface area contributed by atoms with Crippen molar-refractivity contribution >= 4 is 17.5 Å². The van der Waals surface area contributed by atoms with Gasteiger partial charge in [-0.25, -0.2) is 4.39 Å². The fourth-order valence-corrected chi connectivity index (χ4v) is 3.46. The average Bonchev–Trinajstić information content (AvgIpc) is 3.00. The van der Waals surface area contributed by atoms with Crippen LogP contribution in [0.3, 0.4) is 0 Å². The molecule has 0 aliphatic heterocycles. The molecule has 0 fully saturated rings. The molecule has 7 heteroatoms. The molecule has 0 saturated carbocycles. The molecule has 0 amide bonds. The summed E-state index contributed by atoms with van der Waals surface area (Å²) < 4.78 is 21.1. The number of aromatic nitrogens is 3. The number of methoxy groups -OCH3 is 1. The number of halogens is 1. The van der Waals surface area contributed by atoms with Crippen LogP contribution in [0.2, 0.25) is 0 Å². The van der Waals surface area contributed by atoms with Gasteiger partial charge in [-0.15, -0.1) is 10.2 Å². The van der Waals surface area contributed by atoms with Gasteiger partial charge < -0.3 is 9.30 Å². The minimum Gasteiger partial charge on any atom is -0.496 e. The predicted molar refractivity (Wildman–Crippen MR) is 99.0 cm³/mol. The lowest BCUT2D eigenvalue weighted by Crippen LogP contribution is -1.99. The number of hydrogen-bond donors (Lipinski definition) is 0. The van der Waals surface area contributed by atoms with Gasteiger partial charge in [0.1, 0.15) is 11.6 Å². The van der Waals surface area contributed by atoms with E-state index in [9.17, 15) is 9.18 Å². The summed E-state index contributed by atoms with van der Waals surface area (Å²) in [6, 6.07) is 11.8. The average molecular weight is 371 g/mol. The molecule has 0 aliphatic rings. The van der Waals surface area contributed by atoms with Crippen LogP contribution < -0.4 is 4.74 Å². The number of carbonyl (C=O) groups excluding carboxylic acids is 1. The highest BCUT2D eigenvalue weighted by atomic mass is 32.2. The van der Waals surface area contributed by atoms with Crippen LogP contribution in [0.5, 0.6) is 5.75 Å². The Morgan fingerprint density at radius 2 is 2.00 bits per heavy atom. The molecule has 3 aromatic rings. The van der Waals surface area contributed by atoms with Gasteiger partial charge in [-0.05, 0) is 37.3 Å². The number of carbonyl (C=O) groups is 1. The van der Waals surface area contributed by atoms with E-state index in [4.69, 9.17) is 4.74 Å². The first-order valence-corrected chi connectivity index (χ1v) is 8.94. The Morgan fingerprint density at radius 3 is 2.69 bits per heavy atom. The number of thioether (sulfide) groups is 1. The quantitative estimate of drug-likeness (QED) is 0.482. The topological polar surface area (TPSA) is 57.0 Å². The van der Waals surface area contributed by atoms with Crippen molar-refractivity contribution in [2.75, 3.05) is 7.11 Å². The van der Waals surface area contributed by atoms with Gasteiger partial charge in [0, 0.05) is 23.9 Å². The smallest absolute Gasteiger partial charge is 0.191 e. The van der Waals surface area contributed by atoms with Crippen molar-refractivity contribution in [3.8, 4) is 17.1 Å². The maximum Gasteiger partial charge on any atom is 0.191 e.